The summed E-state index contributed by atoms with van der Waals surface area (Å²) < 4.78 is 0. The van der Waals surface area contributed by atoms with Crippen molar-refractivity contribution in [2.75, 3.05) is 0 Å². The smallest absolute Gasteiger partial charge is 0.258 e. The summed E-state index contributed by atoms with van der Waals surface area (Å²) in [6.45, 7) is 1.90. The largest absolute Gasteiger partial charge is 0.279 e. The Morgan fingerprint density at radius 3 is 2.83 bits per heavy atom. The third kappa shape index (κ3) is 1.48. The molecule has 0 aliphatic carbocycles. The van der Waals surface area contributed by atoms with Crippen LogP contribution in [0.5, 0.6) is 0 Å². The third-order valence-corrected chi connectivity index (χ3v) is 2.85. The molecule has 18 heavy (non-hydrogen) atoms. The van der Waals surface area contributed by atoms with Crippen LogP contribution in [0.15, 0.2) is 36.7 Å². The summed E-state index contributed by atoms with van der Waals surface area (Å²) in [5.41, 5.74) is 2.30. The first-order valence-corrected chi connectivity index (χ1v) is 5.45. The van der Waals surface area contributed by atoms with E-state index < -0.39 is 0 Å². The van der Waals surface area contributed by atoms with Crippen LogP contribution in [-0.4, -0.2) is 14.9 Å². The Morgan fingerprint density at radius 1 is 1.22 bits per heavy atom. The number of hydrogen-bond donors (Lipinski definition) is 0. The fourth-order valence-electron chi connectivity index (χ4n) is 2.08. The van der Waals surface area contributed by atoms with Gasteiger partial charge in [0.05, 0.1) is 15.8 Å². The predicted molar refractivity (Wildman–Crippen MR) is 68.4 cm³/mol. The molecule has 0 fully saturated rings. The van der Waals surface area contributed by atoms with Crippen molar-refractivity contribution in [3.05, 3.63) is 52.3 Å². The van der Waals surface area contributed by atoms with Gasteiger partial charge >= 0.3 is 0 Å². The molecule has 0 aliphatic rings. The number of fused-ring (bicyclic) bond motifs is 3. The van der Waals surface area contributed by atoms with Gasteiger partial charge in [-0.05, 0) is 30.7 Å². The number of aromatic nitrogens is 2. The van der Waals surface area contributed by atoms with Gasteiger partial charge in [0.2, 0.25) is 0 Å². The number of non-ortho nitro benzene ring substituents is 1. The average Bonchev–Trinajstić information content (AvgIpc) is 2.37. The summed E-state index contributed by atoms with van der Waals surface area (Å²) in [6.07, 6.45) is 3.36. The van der Waals surface area contributed by atoms with Gasteiger partial charge in [0, 0.05) is 23.8 Å². The predicted octanol–water partition coefficient (Wildman–Crippen LogP) is 3.00. The molecule has 2 aromatic heterocycles. The van der Waals surface area contributed by atoms with E-state index in [1.807, 2.05) is 13.0 Å². The molecule has 0 amide bonds. The van der Waals surface area contributed by atoms with Crippen LogP contribution in [0.3, 0.4) is 0 Å². The molecule has 0 atom stereocenters. The van der Waals surface area contributed by atoms with Gasteiger partial charge < -0.3 is 0 Å². The molecule has 0 bridgehead atoms. The molecule has 0 aliphatic heterocycles. The summed E-state index contributed by atoms with van der Waals surface area (Å²) in [4.78, 5) is 19.3. The molecule has 3 rings (SSSR count). The van der Waals surface area contributed by atoms with Crippen molar-refractivity contribution in [3.8, 4) is 0 Å². The fourth-order valence-corrected chi connectivity index (χ4v) is 2.08. The van der Waals surface area contributed by atoms with Crippen LogP contribution in [0.4, 0.5) is 5.69 Å². The summed E-state index contributed by atoms with van der Waals surface area (Å²) in [7, 11) is 0. The number of nitro groups is 1. The minimum atomic E-state index is -0.383. The maximum Gasteiger partial charge on any atom is 0.279 e. The van der Waals surface area contributed by atoms with Crippen molar-refractivity contribution in [1.29, 1.82) is 0 Å². The number of rotatable bonds is 1. The molecule has 0 unspecified atom stereocenters. The molecule has 5 heteroatoms. The topological polar surface area (TPSA) is 68.9 Å². The van der Waals surface area contributed by atoms with Crippen molar-refractivity contribution in [1.82, 2.24) is 9.97 Å². The molecule has 0 radical (unpaired) electrons. The number of benzene rings is 1. The van der Waals surface area contributed by atoms with E-state index in [-0.39, 0.29) is 10.6 Å². The zero-order valence-corrected chi connectivity index (χ0v) is 9.62. The van der Waals surface area contributed by atoms with Crippen molar-refractivity contribution >= 4 is 27.5 Å². The zero-order chi connectivity index (χ0) is 12.7. The molecule has 0 spiro atoms. The molecule has 2 heterocycles. The standard InChI is InChI=1S/C13H9N3O2/c1-8-5-9-6-11(16(17)18)10-3-2-4-14-13(10)12(9)15-7-8/h2-7H,1H3. The number of pyridine rings is 2. The Hall–Kier alpha value is -2.56. The molecule has 88 valence electrons. The maximum absolute atomic E-state index is 11.1. The Kier molecular flexibility index (Phi) is 2.19. The Bertz CT molecular complexity index is 784. The lowest BCUT2D eigenvalue weighted by atomic mass is 10.1. The lowest BCUT2D eigenvalue weighted by Gasteiger charge is -2.04. The van der Waals surface area contributed by atoms with E-state index in [1.54, 1.807) is 30.6 Å². The van der Waals surface area contributed by atoms with E-state index in [4.69, 9.17) is 0 Å². The van der Waals surface area contributed by atoms with Crippen molar-refractivity contribution < 1.29 is 4.92 Å². The van der Waals surface area contributed by atoms with Gasteiger partial charge in [-0.2, -0.15) is 0 Å². The number of nitro benzene ring substituents is 1. The first kappa shape index (κ1) is 10.6. The van der Waals surface area contributed by atoms with Crippen LogP contribution >= 0.6 is 0 Å². The lowest BCUT2D eigenvalue weighted by molar-refractivity contribution is -0.382. The molecular weight excluding hydrogens is 230 g/mol. The van der Waals surface area contributed by atoms with Crippen LogP contribution in [0.1, 0.15) is 5.56 Å². The second-order valence-electron chi connectivity index (χ2n) is 4.14. The number of nitrogens with zero attached hydrogens (tertiary/aromatic N) is 3. The van der Waals surface area contributed by atoms with Gasteiger partial charge in [0.25, 0.3) is 5.69 Å². The molecule has 3 aromatic rings. The van der Waals surface area contributed by atoms with Crippen LogP contribution < -0.4 is 0 Å². The van der Waals surface area contributed by atoms with Gasteiger partial charge in [0.15, 0.2) is 0 Å². The average molecular weight is 239 g/mol. The molecule has 1 aromatic carbocycles. The lowest BCUT2D eigenvalue weighted by Crippen LogP contribution is -1.93. The highest BCUT2D eigenvalue weighted by atomic mass is 16.6. The summed E-state index contributed by atoms with van der Waals surface area (Å²) in [6, 6.07) is 6.82. The van der Waals surface area contributed by atoms with E-state index in [0.29, 0.717) is 16.4 Å². The maximum atomic E-state index is 11.1. The van der Waals surface area contributed by atoms with Crippen LogP contribution in [0, 0.1) is 17.0 Å². The van der Waals surface area contributed by atoms with Gasteiger partial charge in [-0.3, -0.25) is 20.1 Å². The summed E-state index contributed by atoms with van der Waals surface area (Å²) in [5.74, 6) is 0. The van der Waals surface area contributed by atoms with E-state index in [1.165, 1.54) is 0 Å². The normalized spacial score (nSPS) is 10.9. The minimum absolute atomic E-state index is 0.0676. The second kappa shape index (κ2) is 3.73. The highest BCUT2D eigenvalue weighted by Gasteiger charge is 2.16. The molecular formula is C13H9N3O2. The van der Waals surface area contributed by atoms with E-state index in [9.17, 15) is 10.1 Å². The third-order valence-electron chi connectivity index (χ3n) is 2.85. The Labute approximate surface area is 102 Å². The second-order valence-corrected chi connectivity index (χ2v) is 4.14. The number of aryl methyl sites for hydroxylation is 1. The summed E-state index contributed by atoms with van der Waals surface area (Å²) >= 11 is 0. The zero-order valence-electron chi connectivity index (χ0n) is 9.62. The molecule has 0 N–H and O–H groups in total. The van der Waals surface area contributed by atoms with E-state index in [0.717, 1.165) is 10.9 Å². The van der Waals surface area contributed by atoms with Gasteiger partial charge in [0.1, 0.15) is 5.52 Å². The Morgan fingerprint density at radius 2 is 2.06 bits per heavy atom. The Balaban J connectivity index is 2.57. The first-order valence-electron chi connectivity index (χ1n) is 5.45. The molecule has 5 nitrogen and oxygen atoms in total. The highest BCUT2D eigenvalue weighted by molar-refractivity contribution is 6.07. The van der Waals surface area contributed by atoms with E-state index >= 15 is 0 Å². The molecule has 0 saturated carbocycles. The fraction of sp³-hybridized carbons (Fsp3) is 0.0769. The quantitative estimate of drug-likeness (QED) is 0.372. The van der Waals surface area contributed by atoms with Crippen LogP contribution in [0.25, 0.3) is 21.8 Å². The monoisotopic (exact) mass is 239 g/mol. The summed E-state index contributed by atoms with van der Waals surface area (Å²) in [5, 5.41) is 12.4. The van der Waals surface area contributed by atoms with Gasteiger partial charge in [-0.1, -0.05) is 0 Å². The van der Waals surface area contributed by atoms with Gasteiger partial charge in [-0.25, -0.2) is 0 Å². The highest BCUT2D eigenvalue weighted by Crippen LogP contribution is 2.30. The van der Waals surface area contributed by atoms with Crippen molar-refractivity contribution in [3.63, 3.8) is 0 Å². The van der Waals surface area contributed by atoms with Crippen LogP contribution in [-0.2, 0) is 0 Å². The van der Waals surface area contributed by atoms with Gasteiger partial charge in [-0.15, -0.1) is 0 Å². The molecule has 0 saturated heterocycles. The van der Waals surface area contributed by atoms with Crippen LogP contribution in [0.2, 0.25) is 0 Å². The first-order chi connectivity index (χ1) is 8.66. The van der Waals surface area contributed by atoms with Crippen molar-refractivity contribution in [2.45, 2.75) is 6.92 Å². The van der Waals surface area contributed by atoms with Crippen molar-refractivity contribution in [2.24, 2.45) is 0 Å². The SMILES string of the molecule is Cc1cnc2c(c1)cc([N+](=O)[O-])c1cccnc12. The number of hydrogen-bond acceptors (Lipinski definition) is 4. The van der Waals surface area contributed by atoms with E-state index in [2.05, 4.69) is 9.97 Å². The minimum Gasteiger partial charge on any atom is -0.258 e.